The summed E-state index contributed by atoms with van der Waals surface area (Å²) in [6.07, 6.45) is 0.294. The van der Waals surface area contributed by atoms with Gasteiger partial charge in [-0.2, -0.15) is 0 Å². The van der Waals surface area contributed by atoms with Crippen molar-refractivity contribution in [2.45, 2.75) is 39.3 Å². The molecule has 4 nitrogen and oxygen atoms in total. The van der Waals surface area contributed by atoms with Crippen molar-refractivity contribution in [3.05, 3.63) is 29.6 Å². The molecule has 2 atom stereocenters. The van der Waals surface area contributed by atoms with E-state index in [4.69, 9.17) is 9.47 Å². The first-order valence-corrected chi connectivity index (χ1v) is 7.49. The second-order valence-corrected chi connectivity index (χ2v) is 4.98. The number of aliphatic hydroxyl groups is 1. The van der Waals surface area contributed by atoms with Crippen LogP contribution in [0.5, 0.6) is 5.75 Å². The van der Waals surface area contributed by atoms with E-state index in [2.05, 4.69) is 12.2 Å². The Bertz CT molecular complexity index is 415. The Morgan fingerprint density at radius 3 is 2.67 bits per heavy atom. The van der Waals surface area contributed by atoms with Crippen LogP contribution in [0.3, 0.4) is 0 Å². The Kier molecular flexibility index (Phi) is 8.27. The molecule has 1 aromatic rings. The Morgan fingerprint density at radius 2 is 2.05 bits per heavy atom. The second-order valence-electron chi connectivity index (χ2n) is 4.98. The van der Waals surface area contributed by atoms with Gasteiger partial charge in [0.05, 0.1) is 6.61 Å². The van der Waals surface area contributed by atoms with Crippen LogP contribution >= 0.6 is 0 Å². The van der Waals surface area contributed by atoms with Crippen LogP contribution in [0, 0.1) is 5.82 Å². The standard InChI is InChI=1S/C16H26FNO3/c1-4-8-18-12(3)15-7-6-14(9-16(15)17)21-11-13(19)10-20-5-2/h6-7,9,12-13,18-19H,4-5,8,10-11H2,1-3H3. The molecule has 0 aliphatic heterocycles. The highest BCUT2D eigenvalue weighted by Gasteiger charge is 2.12. The Morgan fingerprint density at radius 1 is 1.29 bits per heavy atom. The van der Waals surface area contributed by atoms with Crippen molar-refractivity contribution in [2.75, 3.05) is 26.4 Å². The molecule has 0 aliphatic carbocycles. The number of hydrogen-bond acceptors (Lipinski definition) is 4. The third-order valence-electron chi connectivity index (χ3n) is 3.10. The van der Waals surface area contributed by atoms with Crippen molar-refractivity contribution in [1.29, 1.82) is 0 Å². The van der Waals surface area contributed by atoms with Gasteiger partial charge in [0.1, 0.15) is 24.3 Å². The van der Waals surface area contributed by atoms with Crippen LogP contribution in [0.25, 0.3) is 0 Å². The van der Waals surface area contributed by atoms with Crippen molar-refractivity contribution in [1.82, 2.24) is 5.32 Å². The molecule has 0 aromatic heterocycles. The van der Waals surface area contributed by atoms with Gasteiger partial charge >= 0.3 is 0 Å². The number of halogens is 1. The second kappa shape index (κ2) is 9.71. The number of benzene rings is 1. The average molecular weight is 299 g/mol. The molecule has 0 bridgehead atoms. The largest absolute Gasteiger partial charge is 0.491 e. The fourth-order valence-corrected chi connectivity index (χ4v) is 1.91. The molecule has 0 amide bonds. The molecular weight excluding hydrogens is 273 g/mol. The van der Waals surface area contributed by atoms with E-state index in [9.17, 15) is 9.50 Å². The summed E-state index contributed by atoms with van der Waals surface area (Å²) in [6.45, 7) is 7.55. The fourth-order valence-electron chi connectivity index (χ4n) is 1.91. The molecule has 0 heterocycles. The summed E-state index contributed by atoms with van der Waals surface area (Å²) >= 11 is 0. The Balaban J connectivity index is 2.53. The van der Waals surface area contributed by atoms with Gasteiger partial charge in [0.25, 0.3) is 0 Å². The number of rotatable bonds is 10. The van der Waals surface area contributed by atoms with Crippen LogP contribution in [0.1, 0.15) is 38.8 Å². The van der Waals surface area contributed by atoms with Gasteiger partial charge in [-0.05, 0) is 32.9 Å². The van der Waals surface area contributed by atoms with E-state index in [0.29, 0.717) is 17.9 Å². The molecule has 0 fully saturated rings. The molecule has 120 valence electrons. The molecule has 0 saturated heterocycles. The third kappa shape index (κ3) is 6.42. The summed E-state index contributed by atoms with van der Waals surface area (Å²) in [6, 6.07) is 4.75. The van der Waals surface area contributed by atoms with Crippen molar-refractivity contribution >= 4 is 0 Å². The van der Waals surface area contributed by atoms with Crippen molar-refractivity contribution < 1.29 is 19.0 Å². The van der Waals surface area contributed by atoms with Crippen LogP contribution < -0.4 is 10.1 Å². The van der Waals surface area contributed by atoms with Crippen LogP contribution in [-0.2, 0) is 4.74 Å². The maximum atomic E-state index is 14.0. The minimum absolute atomic E-state index is 0.0393. The van der Waals surface area contributed by atoms with Crippen molar-refractivity contribution in [2.24, 2.45) is 0 Å². The minimum atomic E-state index is -0.710. The molecule has 0 radical (unpaired) electrons. The minimum Gasteiger partial charge on any atom is -0.491 e. The van der Waals surface area contributed by atoms with Crippen LogP contribution in [-0.4, -0.2) is 37.6 Å². The van der Waals surface area contributed by atoms with Crippen molar-refractivity contribution in [3.8, 4) is 5.75 Å². The average Bonchev–Trinajstić information content (AvgIpc) is 2.48. The first kappa shape index (κ1) is 17.9. The lowest BCUT2D eigenvalue weighted by Crippen LogP contribution is -2.23. The van der Waals surface area contributed by atoms with Gasteiger partial charge in [-0.25, -0.2) is 4.39 Å². The highest BCUT2D eigenvalue weighted by molar-refractivity contribution is 5.30. The third-order valence-corrected chi connectivity index (χ3v) is 3.10. The molecule has 2 unspecified atom stereocenters. The molecule has 0 aliphatic rings. The maximum Gasteiger partial charge on any atom is 0.131 e. The van der Waals surface area contributed by atoms with Crippen molar-refractivity contribution in [3.63, 3.8) is 0 Å². The number of nitrogens with one attached hydrogen (secondary N) is 1. The number of ether oxygens (including phenoxy) is 2. The fraction of sp³-hybridized carbons (Fsp3) is 0.625. The molecule has 2 N–H and O–H groups in total. The van der Waals surface area contributed by atoms with Crippen LogP contribution in [0.2, 0.25) is 0 Å². The quantitative estimate of drug-likeness (QED) is 0.697. The summed E-state index contributed by atoms with van der Waals surface area (Å²) in [5, 5.41) is 12.8. The first-order chi connectivity index (χ1) is 10.1. The number of hydrogen-bond donors (Lipinski definition) is 2. The van der Waals surface area contributed by atoms with Gasteiger partial charge in [0.2, 0.25) is 0 Å². The summed E-state index contributed by atoms with van der Waals surface area (Å²) in [5.74, 6) is 0.109. The van der Waals surface area contributed by atoms with Gasteiger partial charge in [-0.1, -0.05) is 13.0 Å². The molecular formula is C16H26FNO3. The van der Waals surface area contributed by atoms with Gasteiger partial charge in [-0.15, -0.1) is 0 Å². The maximum absolute atomic E-state index is 14.0. The lowest BCUT2D eigenvalue weighted by Gasteiger charge is -2.16. The molecule has 21 heavy (non-hydrogen) atoms. The van der Waals surface area contributed by atoms with E-state index in [0.717, 1.165) is 13.0 Å². The summed E-state index contributed by atoms with van der Waals surface area (Å²) in [5.41, 5.74) is 0.616. The Labute approximate surface area is 126 Å². The summed E-state index contributed by atoms with van der Waals surface area (Å²) in [7, 11) is 0. The predicted molar refractivity (Wildman–Crippen MR) is 81.1 cm³/mol. The van der Waals surface area contributed by atoms with E-state index in [1.54, 1.807) is 12.1 Å². The predicted octanol–water partition coefficient (Wildman–Crippen LogP) is 2.66. The van der Waals surface area contributed by atoms with E-state index >= 15 is 0 Å². The lowest BCUT2D eigenvalue weighted by atomic mass is 10.1. The molecule has 1 aromatic carbocycles. The van der Waals surface area contributed by atoms with Crippen LogP contribution in [0.4, 0.5) is 4.39 Å². The monoisotopic (exact) mass is 299 g/mol. The van der Waals surface area contributed by atoms with Gasteiger partial charge in [0, 0.05) is 24.3 Å². The van der Waals surface area contributed by atoms with E-state index in [1.807, 2.05) is 13.8 Å². The first-order valence-electron chi connectivity index (χ1n) is 7.49. The highest BCUT2D eigenvalue weighted by atomic mass is 19.1. The molecule has 0 saturated carbocycles. The zero-order valence-electron chi connectivity index (χ0n) is 13.1. The molecule has 5 heteroatoms. The molecule has 0 spiro atoms. The molecule has 1 rings (SSSR count). The van der Waals surface area contributed by atoms with E-state index in [1.165, 1.54) is 6.07 Å². The van der Waals surface area contributed by atoms with E-state index < -0.39 is 6.10 Å². The number of aliphatic hydroxyl groups excluding tert-OH is 1. The smallest absolute Gasteiger partial charge is 0.131 e. The van der Waals surface area contributed by atoms with Gasteiger partial charge in [0.15, 0.2) is 0 Å². The van der Waals surface area contributed by atoms with E-state index in [-0.39, 0.29) is 25.1 Å². The lowest BCUT2D eigenvalue weighted by molar-refractivity contribution is 0.0164. The zero-order chi connectivity index (χ0) is 15.7. The topological polar surface area (TPSA) is 50.7 Å². The van der Waals surface area contributed by atoms with Gasteiger partial charge < -0.3 is 19.9 Å². The summed E-state index contributed by atoms with van der Waals surface area (Å²) in [4.78, 5) is 0. The highest BCUT2D eigenvalue weighted by Crippen LogP contribution is 2.22. The zero-order valence-corrected chi connectivity index (χ0v) is 13.1. The van der Waals surface area contributed by atoms with Crippen LogP contribution in [0.15, 0.2) is 18.2 Å². The normalized spacial score (nSPS) is 14.0. The summed E-state index contributed by atoms with van der Waals surface area (Å²) < 4.78 is 24.5. The Hall–Kier alpha value is -1.17. The van der Waals surface area contributed by atoms with Gasteiger partial charge in [-0.3, -0.25) is 0 Å². The SMILES string of the molecule is CCCNC(C)c1ccc(OCC(O)COCC)cc1F.